The summed E-state index contributed by atoms with van der Waals surface area (Å²) in [6, 6.07) is 8.55. The van der Waals surface area contributed by atoms with Gasteiger partial charge in [0, 0.05) is 31.9 Å². The number of benzene rings is 1. The molecular weight excluding hydrogens is 250 g/mol. The summed E-state index contributed by atoms with van der Waals surface area (Å²) in [6.07, 6.45) is 2.12. The predicted molar refractivity (Wildman–Crippen MR) is 81.0 cm³/mol. The van der Waals surface area contributed by atoms with Gasteiger partial charge in [0.25, 0.3) is 0 Å². The van der Waals surface area contributed by atoms with Crippen LogP contribution in [0.25, 0.3) is 0 Å². The number of para-hydroxylation sites is 1. The molecule has 0 aliphatic carbocycles. The lowest BCUT2D eigenvalue weighted by Crippen LogP contribution is -2.53. The maximum Gasteiger partial charge on any atom is 0.239 e. The van der Waals surface area contributed by atoms with Crippen molar-refractivity contribution >= 4 is 11.6 Å². The van der Waals surface area contributed by atoms with E-state index in [2.05, 4.69) is 41.4 Å². The molecule has 20 heavy (non-hydrogen) atoms. The van der Waals surface area contributed by atoms with Crippen molar-refractivity contribution in [1.82, 2.24) is 10.2 Å². The van der Waals surface area contributed by atoms with Crippen molar-refractivity contribution in [1.29, 1.82) is 0 Å². The van der Waals surface area contributed by atoms with E-state index in [4.69, 9.17) is 0 Å². The third-order valence-corrected chi connectivity index (χ3v) is 4.41. The summed E-state index contributed by atoms with van der Waals surface area (Å²) in [4.78, 5) is 16.8. The Morgan fingerprint density at radius 2 is 1.95 bits per heavy atom. The Morgan fingerprint density at radius 3 is 2.60 bits per heavy atom. The predicted octanol–water partition coefficient (Wildman–Crippen LogP) is 1.40. The molecule has 1 atom stereocenters. The van der Waals surface area contributed by atoms with Crippen LogP contribution in [0.2, 0.25) is 0 Å². The van der Waals surface area contributed by atoms with E-state index in [9.17, 15) is 4.79 Å². The molecule has 2 aliphatic heterocycles. The number of carbonyl (C=O) groups is 1. The Hall–Kier alpha value is -1.55. The van der Waals surface area contributed by atoms with E-state index in [1.165, 1.54) is 11.3 Å². The van der Waals surface area contributed by atoms with E-state index in [-0.39, 0.29) is 6.04 Å². The summed E-state index contributed by atoms with van der Waals surface area (Å²) >= 11 is 0. The Labute approximate surface area is 120 Å². The first kappa shape index (κ1) is 13.4. The monoisotopic (exact) mass is 273 g/mol. The zero-order chi connectivity index (χ0) is 13.9. The fraction of sp³-hybridized carbons (Fsp3) is 0.562. The standard InChI is InChI=1S/C16H23N3O/c1-13-5-2-3-7-15(13)18-9-11-19(12-10-18)16(20)14-6-4-8-17-14/h2-3,5,7,14,17H,4,6,8-12H2,1H3/t14-/m0/s1. The highest BCUT2D eigenvalue weighted by Gasteiger charge is 2.29. The zero-order valence-electron chi connectivity index (χ0n) is 12.1. The molecule has 3 rings (SSSR count). The van der Waals surface area contributed by atoms with Crippen LogP contribution < -0.4 is 10.2 Å². The maximum absolute atomic E-state index is 12.4. The summed E-state index contributed by atoms with van der Waals surface area (Å²) in [5, 5.41) is 3.30. The topological polar surface area (TPSA) is 35.6 Å². The summed E-state index contributed by atoms with van der Waals surface area (Å²) in [7, 11) is 0. The first-order valence-corrected chi connectivity index (χ1v) is 7.58. The molecule has 2 heterocycles. The second kappa shape index (κ2) is 5.83. The van der Waals surface area contributed by atoms with E-state index < -0.39 is 0 Å². The second-order valence-corrected chi connectivity index (χ2v) is 5.75. The molecular formula is C16H23N3O. The molecule has 4 heteroatoms. The Balaban J connectivity index is 1.59. The first-order chi connectivity index (χ1) is 9.75. The molecule has 0 spiro atoms. The van der Waals surface area contributed by atoms with Gasteiger partial charge in [-0.1, -0.05) is 18.2 Å². The smallest absolute Gasteiger partial charge is 0.239 e. The first-order valence-electron chi connectivity index (χ1n) is 7.58. The summed E-state index contributed by atoms with van der Waals surface area (Å²) in [5.74, 6) is 0.298. The fourth-order valence-electron chi connectivity index (χ4n) is 3.20. The van der Waals surface area contributed by atoms with E-state index in [0.29, 0.717) is 5.91 Å². The van der Waals surface area contributed by atoms with Crippen LogP contribution in [-0.2, 0) is 4.79 Å². The summed E-state index contributed by atoms with van der Waals surface area (Å²) in [5.41, 5.74) is 2.61. The quantitative estimate of drug-likeness (QED) is 0.884. The molecule has 1 aromatic carbocycles. The van der Waals surface area contributed by atoms with Gasteiger partial charge in [-0.3, -0.25) is 4.79 Å². The van der Waals surface area contributed by atoms with Gasteiger partial charge in [0.15, 0.2) is 0 Å². The third kappa shape index (κ3) is 2.66. The molecule has 108 valence electrons. The van der Waals surface area contributed by atoms with E-state index in [0.717, 1.165) is 45.6 Å². The number of rotatable bonds is 2. The van der Waals surface area contributed by atoms with E-state index >= 15 is 0 Å². The third-order valence-electron chi connectivity index (χ3n) is 4.41. The van der Waals surface area contributed by atoms with Gasteiger partial charge in [-0.2, -0.15) is 0 Å². The minimum atomic E-state index is 0.0695. The number of nitrogens with zero attached hydrogens (tertiary/aromatic N) is 2. The van der Waals surface area contributed by atoms with Crippen LogP contribution in [-0.4, -0.2) is 49.6 Å². The number of nitrogens with one attached hydrogen (secondary N) is 1. The zero-order valence-corrected chi connectivity index (χ0v) is 12.1. The maximum atomic E-state index is 12.4. The number of hydrogen-bond donors (Lipinski definition) is 1. The van der Waals surface area contributed by atoms with Crippen molar-refractivity contribution < 1.29 is 4.79 Å². The largest absolute Gasteiger partial charge is 0.368 e. The van der Waals surface area contributed by atoms with Crippen molar-refractivity contribution in [2.24, 2.45) is 0 Å². The summed E-state index contributed by atoms with van der Waals surface area (Å²) in [6.45, 7) is 6.68. The van der Waals surface area contributed by atoms with Gasteiger partial charge >= 0.3 is 0 Å². The van der Waals surface area contributed by atoms with Crippen molar-refractivity contribution in [2.75, 3.05) is 37.6 Å². The lowest BCUT2D eigenvalue weighted by molar-refractivity contribution is -0.133. The highest BCUT2D eigenvalue weighted by molar-refractivity contribution is 5.82. The Kier molecular flexibility index (Phi) is 3.92. The van der Waals surface area contributed by atoms with Crippen molar-refractivity contribution in [3.63, 3.8) is 0 Å². The Morgan fingerprint density at radius 1 is 1.20 bits per heavy atom. The number of aryl methyl sites for hydroxylation is 1. The molecule has 0 unspecified atom stereocenters. The van der Waals surface area contributed by atoms with Gasteiger partial charge in [-0.25, -0.2) is 0 Å². The Bertz CT molecular complexity index is 474. The lowest BCUT2D eigenvalue weighted by atomic mass is 10.1. The van der Waals surface area contributed by atoms with Crippen LogP contribution in [0.3, 0.4) is 0 Å². The number of hydrogen-bond acceptors (Lipinski definition) is 3. The van der Waals surface area contributed by atoms with Gasteiger partial charge in [0.05, 0.1) is 6.04 Å². The number of piperazine rings is 1. The lowest BCUT2D eigenvalue weighted by Gasteiger charge is -2.37. The number of carbonyl (C=O) groups excluding carboxylic acids is 1. The van der Waals surface area contributed by atoms with Gasteiger partial charge in [0.2, 0.25) is 5.91 Å². The molecule has 1 N–H and O–H groups in total. The van der Waals surface area contributed by atoms with Gasteiger partial charge in [0.1, 0.15) is 0 Å². The van der Waals surface area contributed by atoms with Gasteiger partial charge < -0.3 is 15.1 Å². The van der Waals surface area contributed by atoms with Gasteiger partial charge in [-0.15, -0.1) is 0 Å². The molecule has 1 aromatic rings. The molecule has 4 nitrogen and oxygen atoms in total. The molecule has 1 amide bonds. The SMILES string of the molecule is Cc1ccccc1N1CCN(C(=O)[C@@H]2CCCN2)CC1. The van der Waals surface area contributed by atoms with E-state index in [1.54, 1.807) is 0 Å². The highest BCUT2D eigenvalue weighted by atomic mass is 16.2. The number of anilines is 1. The minimum absolute atomic E-state index is 0.0695. The summed E-state index contributed by atoms with van der Waals surface area (Å²) < 4.78 is 0. The van der Waals surface area contributed by atoms with Crippen LogP contribution >= 0.6 is 0 Å². The normalized spacial score (nSPS) is 23.1. The molecule has 2 fully saturated rings. The average Bonchev–Trinajstić information content (AvgIpc) is 3.01. The molecule has 0 aromatic heterocycles. The average molecular weight is 273 g/mol. The molecule has 2 saturated heterocycles. The second-order valence-electron chi connectivity index (χ2n) is 5.75. The fourth-order valence-corrected chi connectivity index (χ4v) is 3.20. The highest BCUT2D eigenvalue weighted by Crippen LogP contribution is 2.21. The van der Waals surface area contributed by atoms with Crippen molar-refractivity contribution in [3.8, 4) is 0 Å². The van der Waals surface area contributed by atoms with Crippen LogP contribution in [0.15, 0.2) is 24.3 Å². The van der Waals surface area contributed by atoms with Crippen LogP contribution in [0.4, 0.5) is 5.69 Å². The minimum Gasteiger partial charge on any atom is -0.368 e. The van der Waals surface area contributed by atoms with Crippen LogP contribution in [0.1, 0.15) is 18.4 Å². The van der Waals surface area contributed by atoms with Crippen LogP contribution in [0.5, 0.6) is 0 Å². The van der Waals surface area contributed by atoms with E-state index in [1.807, 2.05) is 4.90 Å². The molecule has 0 saturated carbocycles. The van der Waals surface area contributed by atoms with Gasteiger partial charge in [-0.05, 0) is 37.9 Å². The molecule has 0 radical (unpaired) electrons. The number of amides is 1. The van der Waals surface area contributed by atoms with Crippen molar-refractivity contribution in [3.05, 3.63) is 29.8 Å². The molecule has 2 aliphatic rings. The molecule has 0 bridgehead atoms. The van der Waals surface area contributed by atoms with Crippen LogP contribution in [0, 0.1) is 6.92 Å². The van der Waals surface area contributed by atoms with Crippen molar-refractivity contribution in [2.45, 2.75) is 25.8 Å².